The summed E-state index contributed by atoms with van der Waals surface area (Å²) in [5.41, 5.74) is 0. The molecule has 8 nitrogen and oxygen atoms in total. The summed E-state index contributed by atoms with van der Waals surface area (Å²) < 4.78 is 1.96. The lowest BCUT2D eigenvalue weighted by Gasteiger charge is -2.31. The number of imide groups is 1. The van der Waals surface area contributed by atoms with E-state index in [2.05, 4.69) is 16.8 Å². The van der Waals surface area contributed by atoms with E-state index >= 15 is 0 Å². The number of nitrogens with zero attached hydrogens (tertiary/aromatic N) is 5. The molecule has 3 aliphatic rings. The quantitative estimate of drug-likeness (QED) is 0.698. The van der Waals surface area contributed by atoms with Gasteiger partial charge in [0, 0.05) is 33.7 Å². The maximum Gasteiger partial charge on any atom is 0.333 e. The molecule has 0 bridgehead atoms. The van der Waals surface area contributed by atoms with E-state index in [4.69, 9.17) is 0 Å². The first-order chi connectivity index (χ1) is 11.9. The number of carbonyl (C=O) groups is 2. The molecule has 0 aromatic carbocycles. The van der Waals surface area contributed by atoms with Crippen molar-refractivity contribution in [3.05, 3.63) is 0 Å². The van der Waals surface area contributed by atoms with E-state index in [-0.39, 0.29) is 18.5 Å². The molecule has 8 heteroatoms. The number of amides is 3. The summed E-state index contributed by atoms with van der Waals surface area (Å²) in [6.07, 6.45) is 2.98. The van der Waals surface area contributed by atoms with Crippen LogP contribution in [0.25, 0.3) is 0 Å². The standard InChI is InChI=1S/C17H28N5O3/c1-12-6-4-7-21(10-12)11-13-18-15-14(22(13)8-5-9-23)16(24)20(3)17(25)19(15)2/h12,14,23H,4-11H2,1-3H3/q+1. The number of fused-ring (bicyclic) bond motifs is 1. The van der Waals surface area contributed by atoms with Gasteiger partial charge in [0.2, 0.25) is 0 Å². The number of piperidine rings is 1. The molecule has 138 valence electrons. The normalized spacial score (nSPS) is 27.9. The second-order valence-corrected chi connectivity index (χ2v) is 7.28. The fraction of sp³-hybridized carbons (Fsp3) is 0.765. The van der Waals surface area contributed by atoms with Gasteiger partial charge in [0.1, 0.15) is 6.54 Å². The average molecular weight is 350 g/mol. The molecule has 3 heterocycles. The van der Waals surface area contributed by atoms with Gasteiger partial charge in [-0.15, -0.1) is 0 Å². The van der Waals surface area contributed by atoms with Crippen LogP contribution in [-0.2, 0) is 4.79 Å². The summed E-state index contributed by atoms with van der Waals surface area (Å²) >= 11 is 0. The first-order valence-corrected chi connectivity index (χ1v) is 9.03. The van der Waals surface area contributed by atoms with Gasteiger partial charge in [-0.3, -0.25) is 19.5 Å². The van der Waals surface area contributed by atoms with E-state index in [1.807, 2.05) is 4.58 Å². The van der Waals surface area contributed by atoms with Gasteiger partial charge in [-0.25, -0.2) is 9.37 Å². The highest BCUT2D eigenvalue weighted by molar-refractivity contribution is 6.23. The number of hydrogen-bond acceptors (Lipinski definition) is 5. The Morgan fingerprint density at radius 1 is 1.28 bits per heavy atom. The fourth-order valence-electron chi connectivity index (χ4n) is 3.90. The Morgan fingerprint density at radius 3 is 2.72 bits per heavy atom. The predicted octanol–water partition coefficient (Wildman–Crippen LogP) is -0.184. The number of rotatable bonds is 5. The molecule has 2 atom stereocenters. The summed E-state index contributed by atoms with van der Waals surface area (Å²) in [4.78, 5) is 34.6. The fourth-order valence-corrected chi connectivity index (χ4v) is 3.90. The number of urea groups is 1. The van der Waals surface area contributed by atoms with Crippen LogP contribution in [0.15, 0.2) is 4.99 Å². The number of likely N-dealkylation sites (tertiary alicyclic amines) is 1. The van der Waals surface area contributed by atoms with Gasteiger partial charge in [0.15, 0.2) is 0 Å². The van der Waals surface area contributed by atoms with Crippen molar-refractivity contribution in [2.24, 2.45) is 10.9 Å². The van der Waals surface area contributed by atoms with E-state index < -0.39 is 6.04 Å². The van der Waals surface area contributed by atoms with Gasteiger partial charge in [-0.05, 0) is 30.3 Å². The van der Waals surface area contributed by atoms with E-state index in [9.17, 15) is 14.7 Å². The zero-order valence-corrected chi connectivity index (χ0v) is 15.3. The third-order valence-electron chi connectivity index (χ3n) is 5.28. The molecule has 1 N–H and O–H groups in total. The van der Waals surface area contributed by atoms with Crippen LogP contribution in [0.2, 0.25) is 0 Å². The summed E-state index contributed by atoms with van der Waals surface area (Å²) in [5.74, 6) is 1.74. The highest BCUT2D eigenvalue weighted by atomic mass is 16.3. The predicted molar refractivity (Wildman–Crippen MR) is 93.8 cm³/mol. The molecule has 3 rings (SSSR count). The Kier molecular flexibility index (Phi) is 5.19. The van der Waals surface area contributed by atoms with Crippen LogP contribution < -0.4 is 0 Å². The smallest absolute Gasteiger partial charge is 0.333 e. The van der Waals surface area contributed by atoms with Crippen LogP contribution >= 0.6 is 0 Å². The number of carbonyl (C=O) groups excluding carboxylic acids is 2. The molecular formula is C17H28N5O3+. The first-order valence-electron chi connectivity index (χ1n) is 9.03. The van der Waals surface area contributed by atoms with Crippen molar-refractivity contribution >= 4 is 23.6 Å². The summed E-state index contributed by atoms with van der Waals surface area (Å²) in [7, 11) is 3.17. The van der Waals surface area contributed by atoms with Crippen LogP contribution in [0.3, 0.4) is 0 Å². The number of amidine groups is 2. The highest BCUT2D eigenvalue weighted by Crippen LogP contribution is 2.21. The minimum atomic E-state index is -0.559. The lowest BCUT2D eigenvalue weighted by atomic mass is 10.0. The number of aliphatic imine (C=N–C) groups is 1. The molecule has 0 aliphatic carbocycles. The monoisotopic (exact) mass is 350 g/mol. The molecule has 3 aliphatic heterocycles. The van der Waals surface area contributed by atoms with Crippen molar-refractivity contribution in [1.82, 2.24) is 14.7 Å². The summed E-state index contributed by atoms with van der Waals surface area (Å²) in [6, 6.07) is -0.911. The molecule has 3 amide bonds. The largest absolute Gasteiger partial charge is 0.396 e. The molecule has 0 saturated carbocycles. The van der Waals surface area contributed by atoms with Crippen LogP contribution in [0.4, 0.5) is 4.79 Å². The number of likely N-dealkylation sites (N-methyl/N-ethyl adjacent to an activating group) is 2. The second-order valence-electron chi connectivity index (χ2n) is 7.28. The molecule has 0 aromatic heterocycles. The van der Waals surface area contributed by atoms with E-state index in [0.717, 1.165) is 23.8 Å². The van der Waals surface area contributed by atoms with Crippen molar-refractivity contribution in [3.63, 3.8) is 0 Å². The van der Waals surface area contributed by atoms with Gasteiger partial charge < -0.3 is 5.11 Å². The van der Waals surface area contributed by atoms with Crippen LogP contribution in [0, 0.1) is 5.92 Å². The lowest BCUT2D eigenvalue weighted by molar-refractivity contribution is -0.537. The van der Waals surface area contributed by atoms with E-state index in [1.165, 1.54) is 24.8 Å². The van der Waals surface area contributed by atoms with Crippen molar-refractivity contribution in [2.45, 2.75) is 32.2 Å². The van der Waals surface area contributed by atoms with Gasteiger partial charge >= 0.3 is 11.9 Å². The third kappa shape index (κ3) is 3.32. The molecular weight excluding hydrogens is 322 g/mol. The van der Waals surface area contributed by atoms with E-state index in [0.29, 0.717) is 31.3 Å². The SMILES string of the molecule is CC1CCCN(CC2=[N+](CCCO)C3C(=O)N(C)C(=O)N(C)C3=N2)C1. The van der Waals surface area contributed by atoms with E-state index in [1.54, 1.807) is 7.05 Å². The maximum absolute atomic E-state index is 12.7. The second kappa shape index (κ2) is 7.21. The van der Waals surface area contributed by atoms with Gasteiger partial charge in [0.05, 0.1) is 6.54 Å². The van der Waals surface area contributed by atoms with Crippen molar-refractivity contribution in [3.8, 4) is 0 Å². The molecule has 2 unspecified atom stereocenters. The summed E-state index contributed by atoms with van der Waals surface area (Å²) in [5, 5.41) is 9.23. The van der Waals surface area contributed by atoms with Crippen LogP contribution in [0.5, 0.6) is 0 Å². The zero-order chi connectivity index (χ0) is 18.1. The molecule has 0 aromatic rings. The Balaban J connectivity index is 1.89. The topological polar surface area (TPSA) is 79.5 Å². The summed E-state index contributed by atoms with van der Waals surface area (Å²) in [6.45, 7) is 5.59. The molecule has 2 saturated heterocycles. The highest BCUT2D eigenvalue weighted by Gasteiger charge is 2.52. The number of hydrogen-bond donors (Lipinski definition) is 1. The Labute approximate surface area is 148 Å². The minimum Gasteiger partial charge on any atom is -0.396 e. The third-order valence-corrected chi connectivity index (χ3v) is 5.28. The molecule has 2 fully saturated rings. The Bertz CT molecular complexity index is 630. The van der Waals surface area contributed by atoms with Gasteiger partial charge in [0.25, 0.3) is 17.8 Å². The van der Waals surface area contributed by atoms with Crippen molar-refractivity contribution in [2.75, 3.05) is 46.9 Å². The Morgan fingerprint density at radius 2 is 2.04 bits per heavy atom. The van der Waals surface area contributed by atoms with Gasteiger partial charge in [-0.1, -0.05) is 6.92 Å². The number of aliphatic hydroxyl groups excluding tert-OH is 1. The molecule has 0 radical (unpaired) electrons. The molecule has 0 spiro atoms. The van der Waals surface area contributed by atoms with Crippen LogP contribution in [0.1, 0.15) is 26.2 Å². The zero-order valence-electron chi connectivity index (χ0n) is 15.3. The number of aliphatic hydroxyl groups is 1. The Hall–Kier alpha value is -1.80. The van der Waals surface area contributed by atoms with Crippen molar-refractivity contribution in [1.29, 1.82) is 0 Å². The molecule has 25 heavy (non-hydrogen) atoms. The van der Waals surface area contributed by atoms with Gasteiger partial charge in [-0.2, -0.15) is 0 Å². The average Bonchev–Trinajstić information content (AvgIpc) is 2.94. The first kappa shape index (κ1) is 18.0. The minimum absolute atomic E-state index is 0.0609. The van der Waals surface area contributed by atoms with Crippen LogP contribution in [-0.4, -0.2) is 101 Å². The lowest BCUT2D eigenvalue weighted by Crippen LogP contribution is -2.61. The van der Waals surface area contributed by atoms with Crippen molar-refractivity contribution < 1.29 is 19.3 Å². The maximum atomic E-state index is 12.7.